The SMILES string of the molecule is CCOc1cccc(C2CC(c3ccc(C)c(C)c3)=NC3(CCN(C)CC3)N2)c1O. The summed E-state index contributed by atoms with van der Waals surface area (Å²) in [5.74, 6) is 0.783. The first kappa shape index (κ1) is 20.9. The molecule has 1 unspecified atom stereocenters. The molecule has 0 radical (unpaired) electrons. The van der Waals surface area contributed by atoms with Gasteiger partial charge in [-0.3, -0.25) is 10.3 Å². The highest BCUT2D eigenvalue weighted by molar-refractivity contribution is 6.02. The Morgan fingerprint density at radius 3 is 2.63 bits per heavy atom. The summed E-state index contributed by atoms with van der Waals surface area (Å²) in [7, 11) is 2.17. The molecular weight excluding hydrogens is 374 g/mol. The van der Waals surface area contributed by atoms with Gasteiger partial charge >= 0.3 is 0 Å². The van der Waals surface area contributed by atoms with Gasteiger partial charge in [0.15, 0.2) is 11.5 Å². The lowest BCUT2D eigenvalue weighted by Gasteiger charge is -2.44. The summed E-state index contributed by atoms with van der Waals surface area (Å²) in [6.45, 7) is 8.77. The van der Waals surface area contributed by atoms with Crippen molar-refractivity contribution in [3.8, 4) is 11.5 Å². The van der Waals surface area contributed by atoms with Crippen LogP contribution in [0.15, 0.2) is 41.4 Å². The molecule has 2 N–H and O–H groups in total. The second-order valence-corrected chi connectivity index (χ2v) is 8.72. The Morgan fingerprint density at radius 1 is 1.17 bits per heavy atom. The van der Waals surface area contributed by atoms with Crippen molar-refractivity contribution in [2.24, 2.45) is 4.99 Å². The number of aliphatic imine (C=N–C) groups is 1. The van der Waals surface area contributed by atoms with E-state index in [4.69, 9.17) is 9.73 Å². The molecule has 0 amide bonds. The smallest absolute Gasteiger partial charge is 0.162 e. The predicted octanol–water partition coefficient (Wildman–Crippen LogP) is 4.35. The molecule has 2 aromatic carbocycles. The van der Waals surface area contributed by atoms with Crippen molar-refractivity contribution in [2.75, 3.05) is 26.7 Å². The van der Waals surface area contributed by atoms with Crippen LogP contribution in [0.4, 0.5) is 0 Å². The van der Waals surface area contributed by atoms with Crippen LogP contribution in [0, 0.1) is 13.8 Å². The van der Waals surface area contributed by atoms with Gasteiger partial charge in [-0.25, -0.2) is 0 Å². The average molecular weight is 408 g/mol. The molecule has 2 heterocycles. The van der Waals surface area contributed by atoms with Crippen molar-refractivity contribution < 1.29 is 9.84 Å². The lowest BCUT2D eigenvalue weighted by molar-refractivity contribution is 0.144. The number of aryl methyl sites for hydroxylation is 2. The van der Waals surface area contributed by atoms with Crippen molar-refractivity contribution in [3.05, 3.63) is 58.7 Å². The number of para-hydroxylation sites is 1. The van der Waals surface area contributed by atoms with Crippen LogP contribution in [0.1, 0.15) is 54.5 Å². The van der Waals surface area contributed by atoms with E-state index in [2.05, 4.69) is 49.3 Å². The number of aromatic hydroxyl groups is 1. The number of likely N-dealkylation sites (tertiary alicyclic amines) is 1. The minimum absolute atomic E-state index is 0.0112. The van der Waals surface area contributed by atoms with Gasteiger partial charge in [0.1, 0.15) is 5.66 Å². The van der Waals surface area contributed by atoms with E-state index in [-0.39, 0.29) is 17.5 Å². The van der Waals surface area contributed by atoms with Gasteiger partial charge in [0.25, 0.3) is 0 Å². The summed E-state index contributed by atoms with van der Waals surface area (Å²) >= 11 is 0. The number of phenolic OH excluding ortho intramolecular Hbond substituents is 1. The molecule has 0 saturated carbocycles. The number of ether oxygens (including phenoxy) is 1. The Balaban J connectivity index is 1.74. The molecule has 4 rings (SSSR count). The fourth-order valence-corrected chi connectivity index (χ4v) is 4.53. The third-order valence-electron chi connectivity index (χ3n) is 6.55. The minimum Gasteiger partial charge on any atom is -0.504 e. The van der Waals surface area contributed by atoms with E-state index in [0.717, 1.165) is 43.6 Å². The number of piperidine rings is 1. The van der Waals surface area contributed by atoms with Gasteiger partial charge in [-0.15, -0.1) is 0 Å². The number of hydrogen-bond acceptors (Lipinski definition) is 5. The van der Waals surface area contributed by atoms with Crippen molar-refractivity contribution in [1.82, 2.24) is 10.2 Å². The molecule has 160 valence electrons. The normalized spacial score (nSPS) is 21.5. The number of benzene rings is 2. The van der Waals surface area contributed by atoms with Crippen LogP contribution in [0.3, 0.4) is 0 Å². The zero-order valence-electron chi connectivity index (χ0n) is 18.5. The zero-order valence-corrected chi connectivity index (χ0v) is 18.5. The first-order valence-electron chi connectivity index (χ1n) is 11.0. The Labute approximate surface area is 179 Å². The lowest BCUT2D eigenvalue weighted by Crippen LogP contribution is -2.55. The number of phenols is 1. The molecule has 0 aromatic heterocycles. The van der Waals surface area contributed by atoms with E-state index < -0.39 is 0 Å². The molecule has 2 aromatic rings. The summed E-state index contributed by atoms with van der Waals surface area (Å²) in [6, 6.07) is 12.4. The van der Waals surface area contributed by atoms with E-state index in [1.54, 1.807) is 0 Å². The van der Waals surface area contributed by atoms with Gasteiger partial charge in [-0.05, 0) is 69.5 Å². The quantitative estimate of drug-likeness (QED) is 0.791. The summed E-state index contributed by atoms with van der Waals surface area (Å²) in [5.41, 5.74) is 5.47. The summed E-state index contributed by atoms with van der Waals surface area (Å²) in [4.78, 5) is 7.63. The van der Waals surface area contributed by atoms with E-state index in [9.17, 15) is 5.11 Å². The van der Waals surface area contributed by atoms with E-state index in [1.165, 1.54) is 16.7 Å². The predicted molar refractivity (Wildman–Crippen MR) is 122 cm³/mol. The molecule has 2 aliphatic heterocycles. The van der Waals surface area contributed by atoms with Crippen LogP contribution in [0.5, 0.6) is 11.5 Å². The first-order chi connectivity index (χ1) is 14.4. The van der Waals surface area contributed by atoms with Gasteiger partial charge < -0.3 is 14.7 Å². The molecule has 5 nitrogen and oxygen atoms in total. The Bertz CT molecular complexity index is 945. The molecular formula is C25H33N3O2. The van der Waals surface area contributed by atoms with Crippen molar-refractivity contribution in [3.63, 3.8) is 0 Å². The van der Waals surface area contributed by atoms with E-state index >= 15 is 0 Å². The Morgan fingerprint density at radius 2 is 1.93 bits per heavy atom. The van der Waals surface area contributed by atoms with E-state index in [0.29, 0.717) is 12.4 Å². The monoisotopic (exact) mass is 407 g/mol. The van der Waals surface area contributed by atoms with Crippen LogP contribution in [-0.2, 0) is 0 Å². The zero-order chi connectivity index (χ0) is 21.3. The second kappa shape index (κ2) is 8.40. The third-order valence-corrected chi connectivity index (χ3v) is 6.55. The number of nitrogens with one attached hydrogen (secondary N) is 1. The van der Waals surface area contributed by atoms with Crippen LogP contribution in [0.2, 0.25) is 0 Å². The highest BCUT2D eigenvalue weighted by Crippen LogP contribution is 2.40. The highest BCUT2D eigenvalue weighted by Gasteiger charge is 2.40. The topological polar surface area (TPSA) is 57.1 Å². The van der Waals surface area contributed by atoms with Crippen LogP contribution in [-0.4, -0.2) is 48.1 Å². The molecule has 0 aliphatic carbocycles. The van der Waals surface area contributed by atoms with Crippen LogP contribution < -0.4 is 10.1 Å². The summed E-state index contributed by atoms with van der Waals surface area (Å²) in [6.07, 6.45) is 2.66. The molecule has 1 fully saturated rings. The third kappa shape index (κ3) is 4.09. The molecule has 1 spiro atoms. The Hall–Kier alpha value is -2.37. The highest BCUT2D eigenvalue weighted by atomic mass is 16.5. The lowest BCUT2D eigenvalue weighted by atomic mass is 9.87. The summed E-state index contributed by atoms with van der Waals surface area (Å²) < 4.78 is 5.64. The molecule has 30 heavy (non-hydrogen) atoms. The van der Waals surface area contributed by atoms with E-state index in [1.807, 2.05) is 25.1 Å². The Kier molecular flexibility index (Phi) is 5.85. The maximum Gasteiger partial charge on any atom is 0.162 e. The fraction of sp³-hybridized carbons (Fsp3) is 0.480. The van der Waals surface area contributed by atoms with Crippen LogP contribution >= 0.6 is 0 Å². The van der Waals surface area contributed by atoms with Crippen LogP contribution in [0.25, 0.3) is 0 Å². The van der Waals surface area contributed by atoms with Crippen molar-refractivity contribution in [1.29, 1.82) is 0 Å². The van der Waals surface area contributed by atoms with Gasteiger partial charge in [-0.1, -0.05) is 24.3 Å². The minimum atomic E-state index is -0.294. The van der Waals surface area contributed by atoms with Gasteiger partial charge in [0, 0.05) is 36.8 Å². The van der Waals surface area contributed by atoms with Gasteiger partial charge in [-0.2, -0.15) is 0 Å². The molecule has 2 aliphatic rings. The summed E-state index contributed by atoms with van der Waals surface area (Å²) in [5, 5.41) is 14.7. The first-order valence-corrected chi connectivity index (χ1v) is 11.0. The maximum atomic E-state index is 10.9. The molecule has 1 atom stereocenters. The van der Waals surface area contributed by atoms with Gasteiger partial charge in [0.05, 0.1) is 6.61 Å². The number of rotatable bonds is 4. The van der Waals surface area contributed by atoms with Crippen molar-refractivity contribution >= 4 is 5.71 Å². The molecule has 0 bridgehead atoms. The van der Waals surface area contributed by atoms with Gasteiger partial charge in [0.2, 0.25) is 0 Å². The van der Waals surface area contributed by atoms with Crippen molar-refractivity contribution in [2.45, 2.75) is 51.7 Å². The number of nitrogens with zero attached hydrogens (tertiary/aromatic N) is 2. The fourth-order valence-electron chi connectivity index (χ4n) is 4.53. The average Bonchev–Trinajstić information content (AvgIpc) is 2.74. The number of hydrogen-bond donors (Lipinski definition) is 2. The standard InChI is InChI=1S/C25H33N3O2/c1-5-30-23-8-6-7-20(24(23)29)22-16-21(19-10-9-17(2)18(3)15-19)26-25(27-22)11-13-28(4)14-12-25/h6-10,15,22,27,29H,5,11-14,16H2,1-4H3. The second-order valence-electron chi connectivity index (χ2n) is 8.72. The molecule has 1 saturated heterocycles. The molecule has 5 heteroatoms. The largest absolute Gasteiger partial charge is 0.504 e. The maximum absolute atomic E-state index is 10.9.